The van der Waals surface area contributed by atoms with Gasteiger partial charge >= 0.3 is 11.9 Å². The third kappa shape index (κ3) is 8.35. The lowest BCUT2D eigenvalue weighted by Crippen LogP contribution is -2.53. The summed E-state index contributed by atoms with van der Waals surface area (Å²) < 4.78 is 0. The zero-order valence-electron chi connectivity index (χ0n) is 12.0. The second-order valence-electron chi connectivity index (χ2n) is 4.74. The van der Waals surface area contributed by atoms with Gasteiger partial charge in [-0.1, -0.05) is 0 Å². The number of hydrogen-bond acceptors (Lipinski definition) is 7. The Bertz CT molecular complexity index is 363. The molecule has 0 fully saturated rings. The summed E-state index contributed by atoms with van der Waals surface area (Å²) in [6.45, 7) is 1.73. The molecule has 0 aliphatic heterocycles. The molecule has 9 heteroatoms. The molecule has 0 heterocycles. The molecule has 0 spiro atoms. The van der Waals surface area contributed by atoms with Crippen LogP contribution in [0.2, 0.25) is 0 Å². The minimum Gasteiger partial charge on any atom is -0.480 e. The number of hydrazine groups is 1. The van der Waals surface area contributed by atoms with Crippen molar-refractivity contribution in [3.63, 3.8) is 0 Å². The molecule has 0 aromatic heterocycles. The standard InChI is InChI=1S/C12H23N3O6/c1-8(16)5-6-9(11(17)18)14-15(21)10(12(19)20)4-2-3-7-13/h9-10,14,21H,2-7,13H2,1H3,(H,17,18)(H,19,20). The molecule has 0 amide bonds. The van der Waals surface area contributed by atoms with Gasteiger partial charge in [0.1, 0.15) is 17.9 Å². The summed E-state index contributed by atoms with van der Waals surface area (Å²) in [5, 5.41) is 28.0. The van der Waals surface area contributed by atoms with E-state index in [9.17, 15) is 19.6 Å². The fourth-order valence-electron chi connectivity index (χ4n) is 1.67. The Balaban J connectivity index is 4.59. The molecule has 0 aliphatic rings. The van der Waals surface area contributed by atoms with E-state index >= 15 is 0 Å². The van der Waals surface area contributed by atoms with Crippen LogP contribution in [0.15, 0.2) is 0 Å². The molecule has 0 aromatic carbocycles. The number of hydroxylamine groups is 1. The molecule has 2 atom stereocenters. The molecule has 0 rings (SSSR count). The second-order valence-corrected chi connectivity index (χ2v) is 4.74. The van der Waals surface area contributed by atoms with E-state index in [0.717, 1.165) is 0 Å². The topological polar surface area (TPSA) is 153 Å². The van der Waals surface area contributed by atoms with Crippen LogP contribution < -0.4 is 11.2 Å². The van der Waals surface area contributed by atoms with E-state index in [0.29, 0.717) is 19.4 Å². The predicted octanol–water partition coefficient (Wildman–Crippen LogP) is -0.413. The predicted molar refractivity (Wildman–Crippen MR) is 72.4 cm³/mol. The number of carboxylic acids is 2. The fraction of sp³-hybridized carbons (Fsp3) is 0.750. The highest BCUT2D eigenvalue weighted by atomic mass is 16.5. The number of nitrogens with one attached hydrogen (secondary N) is 1. The van der Waals surface area contributed by atoms with Crippen molar-refractivity contribution in [1.29, 1.82) is 0 Å². The van der Waals surface area contributed by atoms with Crippen molar-refractivity contribution in [3.05, 3.63) is 0 Å². The quantitative estimate of drug-likeness (QED) is 0.239. The van der Waals surface area contributed by atoms with Gasteiger partial charge in [-0.25, -0.2) is 5.43 Å². The SMILES string of the molecule is CC(=O)CCC(NN(O)C(CCCCN)C(=O)O)C(=O)O. The van der Waals surface area contributed by atoms with E-state index in [1.54, 1.807) is 0 Å². The van der Waals surface area contributed by atoms with E-state index < -0.39 is 24.0 Å². The maximum atomic E-state index is 11.1. The normalized spacial score (nSPS) is 13.9. The highest BCUT2D eigenvalue weighted by Crippen LogP contribution is 2.08. The number of ketones is 1. The first kappa shape index (κ1) is 19.4. The van der Waals surface area contributed by atoms with Gasteiger partial charge in [-0.2, -0.15) is 0 Å². The number of hydrogen-bond donors (Lipinski definition) is 5. The average Bonchev–Trinajstić information content (AvgIpc) is 2.38. The third-order valence-electron chi connectivity index (χ3n) is 2.88. The Labute approximate surface area is 122 Å². The van der Waals surface area contributed by atoms with E-state index in [4.69, 9.17) is 15.9 Å². The molecule has 2 unspecified atom stereocenters. The zero-order chi connectivity index (χ0) is 16.4. The number of rotatable bonds is 12. The monoisotopic (exact) mass is 305 g/mol. The maximum absolute atomic E-state index is 11.1. The van der Waals surface area contributed by atoms with E-state index in [1.165, 1.54) is 6.92 Å². The van der Waals surface area contributed by atoms with Crippen molar-refractivity contribution in [3.8, 4) is 0 Å². The van der Waals surface area contributed by atoms with E-state index in [1.807, 2.05) is 0 Å². The van der Waals surface area contributed by atoms with Gasteiger partial charge in [0, 0.05) is 6.42 Å². The van der Waals surface area contributed by atoms with E-state index in [-0.39, 0.29) is 30.2 Å². The molecule has 0 bridgehead atoms. The Morgan fingerprint density at radius 3 is 2.19 bits per heavy atom. The fourth-order valence-corrected chi connectivity index (χ4v) is 1.67. The molecule has 0 aromatic rings. The van der Waals surface area contributed by atoms with Crippen molar-refractivity contribution in [1.82, 2.24) is 10.6 Å². The van der Waals surface area contributed by atoms with Crippen LogP contribution >= 0.6 is 0 Å². The van der Waals surface area contributed by atoms with Gasteiger partial charge in [-0.05, 0) is 39.2 Å². The molecule has 0 saturated carbocycles. The molecular formula is C12H23N3O6. The lowest BCUT2D eigenvalue weighted by molar-refractivity contribution is -0.200. The molecular weight excluding hydrogens is 282 g/mol. The van der Waals surface area contributed by atoms with Crippen molar-refractivity contribution in [2.75, 3.05) is 6.54 Å². The van der Waals surface area contributed by atoms with Crippen LogP contribution in [0.5, 0.6) is 0 Å². The lowest BCUT2D eigenvalue weighted by atomic mass is 10.1. The summed E-state index contributed by atoms with van der Waals surface area (Å²) in [6.07, 6.45) is 1.18. The number of nitrogens with two attached hydrogens (primary N) is 1. The zero-order valence-corrected chi connectivity index (χ0v) is 12.0. The Morgan fingerprint density at radius 2 is 1.76 bits per heavy atom. The van der Waals surface area contributed by atoms with Crippen molar-refractivity contribution in [2.45, 2.75) is 51.1 Å². The first-order chi connectivity index (χ1) is 9.79. The second kappa shape index (κ2) is 10.2. The lowest BCUT2D eigenvalue weighted by Gasteiger charge is -2.26. The van der Waals surface area contributed by atoms with Crippen LogP contribution in [0.4, 0.5) is 0 Å². The Morgan fingerprint density at radius 1 is 1.14 bits per heavy atom. The summed E-state index contributed by atoms with van der Waals surface area (Å²) in [4.78, 5) is 33.0. The van der Waals surface area contributed by atoms with Crippen molar-refractivity contribution in [2.24, 2.45) is 5.73 Å². The van der Waals surface area contributed by atoms with Gasteiger partial charge < -0.3 is 20.7 Å². The minimum atomic E-state index is -1.28. The molecule has 0 radical (unpaired) electrons. The molecule has 0 aliphatic carbocycles. The van der Waals surface area contributed by atoms with E-state index in [2.05, 4.69) is 5.43 Å². The minimum absolute atomic E-state index is 0.0166. The smallest absolute Gasteiger partial charge is 0.324 e. The maximum Gasteiger partial charge on any atom is 0.324 e. The van der Waals surface area contributed by atoms with Gasteiger partial charge in [0.2, 0.25) is 0 Å². The number of Topliss-reactive ketones (excluding diaryl/α,β-unsaturated/α-hetero) is 1. The molecule has 9 nitrogen and oxygen atoms in total. The average molecular weight is 305 g/mol. The number of carbonyl (C=O) groups is 3. The molecule has 6 N–H and O–H groups in total. The summed E-state index contributed by atoms with van der Waals surface area (Å²) in [5.74, 6) is -2.75. The summed E-state index contributed by atoms with van der Waals surface area (Å²) >= 11 is 0. The number of aliphatic carboxylic acids is 2. The summed E-state index contributed by atoms with van der Waals surface area (Å²) in [6, 6.07) is -2.52. The highest BCUT2D eigenvalue weighted by molar-refractivity contribution is 5.78. The van der Waals surface area contributed by atoms with Gasteiger partial charge in [-0.15, -0.1) is 5.17 Å². The largest absolute Gasteiger partial charge is 0.480 e. The van der Waals surface area contributed by atoms with Gasteiger partial charge in [0.25, 0.3) is 0 Å². The summed E-state index contributed by atoms with van der Waals surface area (Å²) in [7, 11) is 0. The van der Waals surface area contributed by atoms with Crippen LogP contribution in [0.3, 0.4) is 0 Å². The first-order valence-corrected chi connectivity index (χ1v) is 6.69. The van der Waals surface area contributed by atoms with Crippen molar-refractivity contribution < 1.29 is 29.8 Å². The van der Waals surface area contributed by atoms with Crippen molar-refractivity contribution >= 4 is 17.7 Å². The van der Waals surface area contributed by atoms with Crippen LogP contribution in [0, 0.1) is 0 Å². The summed E-state index contributed by atoms with van der Waals surface area (Å²) in [5.41, 5.74) is 7.51. The highest BCUT2D eigenvalue weighted by Gasteiger charge is 2.28. The van der Waals surface area contributed by atoms with Crippen LogP contribution in [-0.4, -0.2) is 56.9 Å². The van der Waals surface area contributed by atoms with Crippen LogP contribution in [0.1, 0.15) is 39.0 Å². The number of nitrogens with zero attached hydrogens (tertiary/aromatic N) is 1. The molecule has 0 saturated heterocycles. The number of carbonyl (C=O) groups excluding carboxylic acids is 1. The van der Waals surface area contributed by atoms with Gasteiger partial charge in [-0.3, -0.25) is 14.8 Å². The number of carboxylic acid groups (broad SMARTS) is 2. The van der Waals surface area contributed by atoms with Crippen LogP contribution in [-0.2, 0) is 14.4 Å². The van der Waals surface area contributed by atoms with Crippen LogP contribution in [0.25, 0.3) is 0 Å². The number of unbranched alkanes of at least 4 members (excludes halogenated alkanes) is 1. The first-order valence-electron chi connectivity index (χ1n) is 6.69. The molecule has 122 valence electrons. The molecule has 21 heavy (non-hydrogen) atoms. The van der Waals surface area contributed by atoms with Gasteiger partial charge in [0.05, 0.1) is 0 Å². The van der Waals surface area contributed by atoms with Gasteiger partial charge in [0.15, 0.2) is 0 Å². The third-order valence-corrected chi connectivity index (χ3v) is 2.88. The Hall–Kier alpha value is -1.55. The Kier molecular flexibility index (Phi) is 9.46.